The second kappa shape index (κ2) is 5.47. The van der Waals surface area contributed by atoms with Gasteiger partial charge >= 0.3 is 0 Å². The maximum absolute atomic E-state index is 5.66. The summed E-state index contributed by atoms with van der Waals surface area (Å²) >= 11 is 0. The summed E-state index contributed by atoms with van der Waals surface area (Å²) < 4.78 is 11.2. The number of allylic oxidation sites excluding steroid dienone is 2. The molecule has 0 N–H and O–H groups in total. The first-order chi connectivity index (χ1) is 8.63. The van der Waals surface area contributed by atoms with Crippen LogP contribution in [0.4, 0.5) is 0 Å². The van der Waals surface area contributed by atoms with E-state index in [1.165, 1.54) is 16.7 Å². The van der Waals surface area contributed by atoms with Crippen LogP contribution in [0.15, 0.2) is 23.8 Å². The highest BCUT2D eigenvalue weighted by molar-refractivity contribution is 5.71. The Labute approximate surface area is 110 Å². The van der Waals surface area contributed by atoms with Crippen LogP contribution in [0.2, 0.25) is 0 Å². The second-order valence-electron chi connectivity index (χ2n) is 5.06. The summed E-state index contributed by atoms with van der Waals surface area (Å²) in [6.45, 7) is 10.2. The molecule has 2 nitrogen and oxygen atoms in total. The van der Waals surface area contributed by atoms with E-state index in [1.54, 1.807) is 0 Å². The van der Waals surface area contributed by atoms with E-state index in [9.17, 15) is 0 Å². The smallest absolute Gasteiger partial charge is 0.161 e. The summed E-state index contributed by atoms with van der Waals surface area (Å²) in [6.07, 6.45) is 1.09. The lowest BCUT2D eigenvalue weighted by Gasteiger charge is -2.21. The number of rotatable bonds is 3. The van der Waals surface area contributed by atoms with Crippen molar-refractivity contribution >= 4 is 5.57 Å². The van der Waals surface area contributed by atoms with E-state index in [0.29, 0.717) is 19.1 Å². The molecule has 0 fully saturated rings. The predicted molar refractivity (Wildman–Crippen MR) is 75.2 cm³/mol. The molecule has 0 spiro atoms. The fraction of sp³-hybridized carbons (Fsp3) is 0.500. The van der Waals surface area contributed by atoms with Crippen molar-refractivity contribution in [2.24, 2.45) is 5.92 Å². The van der Waals surface area contributed by atoms with Gasteiger partial charge in [0.1, 0.15) is 13.2 Å². The van der Waals surface area contributed by atoms with Gasteiger partial charge in [-0.05, 0) is 42.5 Å². The lowest BCUT2D eigenvalue weighted by Crippen LogP contribution is -2.15. The van der Waals surface area contributed by atoms with E-state index in [2.05, 4.69) is 39.8 Å². The number of benzene rings is 1. The topological polar surface area (TPSA) is 18.5 Å². The minimum Gasteiger partial charge on any atom is -0.486 e. The SMILES string of the molecule is CC/C(C)=C(/c1ccc2c(c1)OCCO2)C(C)C. The normalized spacial score (nSPS) is 15.6. The van der Waals surface area contributed by atoms with Gasteiger partial charge in [0.2, 0.25) is 0 Å². The average Bonchev–Trinajstić information content (AvgIpc) is 2.38. The standard InChI is InChI=1S/C16H22O2/c1-5-12(4)16(11(2)3)13-6-7-14-15(10-13)18-9-8-17-14/h6-7,10-11H,5,8-9H2,1-4H3/b16-12+. The fourth-order valence-electron chi connectivity index (χ4n) is 2.47. The van der Waals surface area contributed by atoms with E-state index >= 15 is 0 Å². The van der Waals surface area contributed by atoms with Crippen LogP contribution in [-0.4, -0.2) is 13.2 Å². The Morgan fingerprint density at radius 3 is 2.44 bits per heavy atom. The Kier molecular flexibility index (Phi) is 3.95. The molecule has 18 heavy (non-hydrogen) atoms. The van der Waals surface area contributed by atoms with Crippen molar-refractivity contribution in [3.8, 4) is 11.5 Å². The summed E-state index contributed by atoms with van der Waals surface area (Å²) in [5, 5.41) is 0. The first kappa shape index (κ1) is 13.0. The minimum absolute atomic E-state index is 0.521. The van der Waals surface area contributed by atoms with E-state index in [-0.39, 0.29) is 0 Å². The van der Waals surface area contributed by atoms with Gasteiger partial charge in [-0.3, -0.25) is 0 Å². The fourth-order valence-corrected chi connectivity index (χ4v) is 2.47. The number of hydrogen-bond donors (Lipinski definition) is 0. The molecule has 98 valence electrons. The molecule has 2 heteroatoms. The van der Waals surface area contributed by atoms with Crippen molar-refractivity contribution in [3.05, 3.63) is 29.3 Å². The molecule has 1 heterocycles. The Balaban J connectivity index is 2.43. The van der Waals surface area contributed by atoms with Crippen LogP contribution in [0.25, 0.3) is 5.57 Å². The van der Waals surface area contributed by atoms with Gasteiger partial charge in [0.05, 0.1) is 0 Å². The lowest BCUT2D eigenvalue weighted by molar-refractivity contribution is 0.171. The summed E-state index contributed by atoms with van der Waals surface area (Å²) in [5.41, 5.74) is 4.13. The molecule has 0 unspecified atom stereocenters. The number of ether oxygens (including phenoxy) is 2. The summed E-state index contributed by atoms with van der Waals surface area (Å²) in [6, 6.07) is 6.28. The van der Waals surface area contributed by atoms with Crippen LogP contribution < -0.4 is 9.47 Å². The molecule has 0 bridgehead atoms. The summed E-state index contributed by atoms with van der Waals surface area (Å²) in [4.78, 5) is 0. The molecular formula is C16H22O2. The molecule has 0 saturated carbocycles. The molecule has 0 saturated heterocycles. The maximum Gasteiger partial charge on any atom is 0.161 e. The average molecular weight is 246 g/mol. The van der Waals surface area contributed by atoms with Gasteiger partial charge in [-0.1, -0.05) is 32.4 Å². The largest absolute Gasteiger partial charge is 0.486 e. The first-order valence-corrected chi connectivity index (χ1v) is 6.73. The Hall–Kier alpha value is -1.44. The zero-order chi connectivity index (χ0) is 13.1. The highest BCUT2D eigenvalue weighted by Gasteiger charge is 2.15. The second-order valence-corrected chi connectivity index (χ2v) is 5.06. The molecule has 2 rings (SSSR count). The third-order valence-corrected chi connectivity index (χ3v) is 3.42. The number of hydrogen-bond acceptors (Lipinski definition) is 2. The molecule has 0 aliphatic carbocycles. The maximum atomic E-state index is 5.66. The van der Waals surface area contributed by atoms with E-state index in [4.69, 9.17) is 9.47 Å². The van der Waals surface area contributed by atoms with Crippen LogP contribution in [0.3, 0.4) is 0 Å². The van der Waals surface area contributed by atoms with Crippen molar-refractivity contribution in [1.29, 1.82) is 0 Å². The highest BCUT2D eigenvalue weighted by Crippen LogP contribution is 2.36. The molecule has 1 aromatic rings. The first-order valence-electron chi connectivity index (χ1n) is 6.73. The van der Waals surface area contributed by atoms with Crippen LogP contribution in [0.1, 0.15) is 39.7 Å². The van der Waals surface area contributed by atoms with Crippen molar-refractivity contribution < 1.29 is 9.47 Å². The van der Waals surface area contributed by atoms with Crippen LogP contribution in [-0.2, 0) is 0 Å². The Bertz CT molecular complexity index is 458. The van der Waals surface area contributed by atoms with Crippen LogP contribution in [0.5, 0.6) is 11.5 Å². The summed E-state index contributed by atoms with van der Waals surface area (Å²) in [5.74, 6) is 2.26. The third-order valence-electron chi connectivity index (χ3n) is 3.42. The third kappa shape index (κ3) is 2.53. The monoisotopic (exact) mass is 246 g/mol. The van der Waals surface area contributed by atoms with Gasteiger partial charge < -0.3 is 9.47 Å². The van der Waals surface area contributed by atoms with Gasteiger partial charge in [-0.15, -0.1) is 0 Å². The van der Waals surface area contributed by atoms with Gasteiger partial charge in [0, 0.05) is 0 Å². The van der Waals surface area contributed by atoms with Gasteiger partial charge in [-0.2, -0.15) is 0 Å². The quantitative estimate of drug-likeness (QED) is 0.791. The Morgan fingerprint density at radius 1 is 1.17 bits per heavy atom. The van der Waals surface area contributed by atoms with Crippen molar-refractivity contribution in [1.82, 2.24) is 0 Å². The van der Waals surface area contributed by atoms with Gasteiger partial charge in [0.25, 0.3) is 0 Å². The van der Waals surface area contributed by atoms with E-state index < -0.39 is 0 Å². The molecule has 1 aliphatic rings. The number of fused-ring (bicyclic) bond motifs is 1. The van der Waals surface area contributed by atoms with Crippen molar-refractivity contribution in [3.63, 3.8) is 0 Å². The molecule has 0 radical (unpaired) electrons. The van der Waals surface area contributed by atoms with Crippen LogP contribution >= 0.6 is 0 Å². The molecule has 0 atom stereocenters. The van der Waals surface area contributed by atoms with Crippen LogP contribution in [0, 0.1) is 5.92 Å². The highest BCUT2D eigenvalue weighted by atomic mass is 16.6. The molecule has 1 aromatic carbocycles. The van der Waals surface area contributed by atoms with Crippen molar-refractivity contribution in [2.45, 2.75) is 34.1 Å². The molecule has 0 amide bonds. The van der Waals surface area contributed by atoms with E-state index in [0.717, 1.165) is 17.9 Å². The minimum atomic E-state index is 0.521. The van der Waals surface area contributed by atoms with E-state index in [1.807, 2.05) is 6.07 Å². The molecule has 0 aromatic heterocycles. The Morgan fingerprint density at radius 2 is 1.83 bits per heavy atom. The lowest BCUT2D eigenvalue weighted by atomic mass is 9.90. The molecular weight excluding hydrogens is 224 g/mol. The summed E-state index contributed by atoms with van der Waals surface area (Å²) in [7, 11) is 0. The molecule has 1 aliphatic heterocycles. The zero-order valence-corrected chi connectivity index (χ0v) is 11.7. The van der Waals surface area contributed by atoms with Gasteiger partial charge in [-0.25, -0.2) is 0 Å². The van der Waals surface area contributed by atoms with Crippen molar-refractivity contribution in [2.75, 3.05) is 13.2 Å². The zero-order valence-electron chi connectivity index (χ0n) is 11.7. The predicted octanol–water partition coefficient (Wildman–Crippen LogP) is 4.30. The van der Waals surface area contributed by atoms with Gasteiger partial charge in [0.15, 0.2) is 11.5 Å².